The fourth-order valence-electron chi connectivity index (χ4n) is 2.77. The highest BCUT2D eigenvalue weighted by atomic mass is 16.6. The van der Waals surface area contributed by atoms with Gasteiger partial charge in [0.15, 0.2) is 0 Å². The van der Waals surface area contributed by atoms with Gasteiger partial charge in [0.05, 0.1) is 4.92 Å². The summed E-state index contributed by atoms with van der Waals surface area (Å²) in [5, 5.41) is 11.1. The minimum Gasteiger partial charge on any atom is -0.338 e. The molecule has 0 bridgehead atoms. The van der Waals surface area contributed by atoms with Gasteiger partial charge in [-0.2, -0.15) is 0 Å². The number of benzene rings is 1. The Morgan fingerprint density at radius 1 is 1.52 bits per heavy atom. The molecule has 114 valence electrons. The van der Waals surface area contributed by atoms with E-state index < -0.39 is 4.92 Å². The molecule has 1 fully saturated rings. The normalized spacial score (nSPS) is 20.1. The van der Waals surface area contributed by atoms with Gasteiger partial charge in [-0.1, -0.05) is 6.07 Å². The highest BCUT2D eigenvalue weighted by molar-refractivity contribution is 5.98. The van der Waals surface area contributed by atoms with Crippen molar-refractivity contribution >= 4 is 11.6 Å². The van der Waals surface area contributed by atoms with Crippen molar-refractivity contribution in [1.82, 2.24) is 4.90 Å². The van der Waals surface area contributed by atoms with E-state index >= 15 is 0 Å². The number of carbonyl (C=O) groups excluding carboxylic acids is 1. The number of nitro groups is 1. The van der Waals surface area contributed by atoms with Gasteiger partial charge in [0.2, 0.25) is 0 Å². The molecule has 1 amide bonds. The standard InChI is InChI=1S/C15H21N3O3/c1-10-5-6-14(18(20)21)13(8-10)15(19)17-7-3-4-12(9-17)11(2)16/h5-6,8,11-12H,3-4,7,9,16H2,1-2H3. The molecular formula is C15H21N3O3. The molecule has 1 aromatic rings. The molecule has 1 aliphatic heterocycles. The molecule has 1 aromatic carbocycles. The molecule has 6 nitrogen and oxygen atoms in total. The van der Waals surface area contributed by atoms with Gasteiger partial charge in [-0.05, 0) is 44.2 Å². The molecule has 0 radical (unpaired) electrons. The number of piperidine rings is 1. The lowest BCUT2D eigenvalue weighted by Gasteiger charge is -2.34. The lowest BCUT2D eigenvalue weighted by Crippen LogP contribution is -2.45. The smallest absolute Gasteiger partial charge is 0.282 e. The molecular weight excluding hydrogens is 270 g/mol. The Balaban J connectivity index is 2.27. The van der Waals surface area contributed by atoms with Crippen molar-refractivity contribution in [2.24, 2.45) is 11.7 Å². The van der Waals surface area contributed by atoms with Gasteiger partial charge in [0.1, 0.15) is 5.56 Å². The van der Waals surface area contributed by atoms with E-state index in [1.165, 1.54) is 6.07 Å². The average Bonchev–Trinajstić information content (AvgIpc) is 2.46. The Hall–Kier alpha value is -1.95. The van der Waals surface area contributed by atoms with Gasteiger partial charge in [-0.3, -0.25) is 14.9 Å². The summed E-state index contributed by atoms with van der Waals surface area (Å²) >= 11 is 0. The van der Waals surface area contributed by atoms with Crippen LogP contribution in [0.5, 0.6) is 0 Å². The van der Waals surface area contributed by atoms with E-state index in [9.17, 15) is 14.9 Å². The first-order valence-electron chi connectivity index (χ1n) is 7.20. The maximum atomic E-state index is 12.6. The Morgan fingerprint density at radius 2 is 2.24 bits per heavy atom. The summed E-state index contributed by atoms with van der Waals surface area (Å²) in [7, 11) is 0. The van der Waals surface area contributed by atoms with Gasteiger partial charge >= 0.3 is 0 Å². The summed E-state index contributed by atoms with van der Waals surface area (Å²) in [6.45, 7) is 4.96. The van der Waals surface area contributed by atoms with Crippen molar-refractivity contribution in [1.29, 1.82) is 0 Å². The van der Waals surface area contributed by atoms with Crippen LogP contribution in [0.15, 0.2) is 18.2 Å². The number of rotatable bonds is 3. The van der Waals surface area contributed by atoms with Crippen LogP contribution in [0.25, 0.3) is 0 Å². The molecule has 2 rings (SSSR count). The summed E-state index contributed by atoms with van der Waals surface area (Å²) < 4.78 is 0. The first-order chi connectivity index (χ1) is 9.90. The van der Waals surface area contributed by atoms with Gasteiger partial charge < -0.3 is 10.6 Å². The highest BCUT2D eigenvalue weighted by Crippen LogP contribution is 2.25. The van der Waals surface area contributed by atoms with Crippen molar-refractivity contribution in [3.63, 3.8) is 0 Å². The topological polar surface area (TPSA) is 89.5 Å². The second-order valence-corrected chi connectivity index (χ2v) is 5.79. The first kappa shape index (κ1) is 15.4. The Bertz CT molecular complexity index is 557. The summed E-state index contributed by atoms with van der Waals surface area (Å²) in [6.07, 6.45) is 1.88. The number of carbonyl (C=O) groups is 1. The van der Waals surface area contributed by atoms with Crippen LogP contribution in [0.4, 0.5) is 5.69 Å². The highest BCUT2D eigenvalue weighted by Gasteiger charge is 2.30. The molecule has 2 unspecified atom stereocenters. The monoisotopic (exact) mass is 291 g/mol. The molecule has 2 atom stereocenters. The minimum absolute atomic E-state index is 0.0214. The number of nitrogens with zero attached hydrogens (tertiary/aromatic N) is 2. The fraction of sp³-hybridized carbons (Fsp3) is 0.533. The summed E-state index contributed by atoms with van der Waals surface area (Å²) in [5.74, 6) is -0.0117. The Morgan fingerprint density at radius 3 is 2.86 bits per heavy atom. The third-order valence-corrected chi connectivity index (χ3v) is 4.07. The van der Waals surface area contributed by atoms with Crippen LogP contribution >= 0.6 is 0 Å². The summed E-state index contributed by atoms with van der Waals surface area (Å²) in [4.78, 5) is 24.9. The van der Waals surface area contributed by atoms with E-state index in [0.29, 0.717) is 13.1 Å². The van der Waals surface area contributed by atoms with Gasteiger partial charge in [0.25, 0.3) is 11.6 Å². The predicted molar refractivity (Wildman–Crippen MR) is 80.1 cm³/mol. The molecule has 0 saturated carbocycles. The molecule has 0 spiro atoms. The van der Waals surface area contributed by atoms with E-state index in [1.54, 1.807) is 17.0 Å². The van der Waals surface area contributed by atoms with E-state index in [1.807, 2.05) is 13.8 Å². The lowest BCUT2D eigenvalue weighted by molar-refractivity contribution is -0.385. The number of amides is 1. The van der Waals surface area contributed by atoms with Crippen LogP contribution in [0.3, 0.4) is 0 Å². The number of likely N-dealkylation sites (tertiary alicyclic amines) is 1. The van der Waals surface area contributed by atoms with E-state index in [-0.39, 0.29) is 29.1 Å². The quantitative estimate of drug-likeness (QED) is 0.682. The maximum Gasteiger partial charge on any atom is 0.282 e. The third kappa shape index (κ3) is 3.39. The zero-order valence-electron chi connectivity index (χ0n) is 12.4. The second-order valence-electron chi connectivity index (χ2n) is 5.79. The van der Waals surface area contributed by atoms with Crippen molar-refractivity contribution in [3.05, 3.63) is 39.4 Å². The van der Waals surface area contributed by atoms with Crippen LogP contribution in [-0.4, -0.2) is 34.9 Å². The molecule has 0 aromatic heterocycles. The first-order valence-corrected chi connectivity index (χ1v) is 7.20. The fourth-order valence-corrected chi connectivity index (χ4v) is 2.77. The number of hydrogen-bond acceptors (Lipinski definition) is 4. The summed E-state index contributed by atoms with van der Waals surface area (Å²) in [6, 6.07) is 4.66. The van der Waals surface area contributed by atoms with Crippen molar-refractivity contribution < 1.29 is 9.72 Å². The Kier molecular flexibility index (Phi) is 4.57. The zero-order chi connectivity index (χ0) is 15.6. The average molecular weight is 291 g/mol. The van der Waals surface area contributed by atoms with Crippen molar-refractivity contribution in [2.45, 2.75) is 32.7 Å². The van der Waals surface area contributed by atoms with Gasteiger partial charge in [-0.25, -0.2) is 0 Å². The zero-order valence-corrected chi connectivity index (χ0v) is 12.4. The number of nitro benzene ring substituents is 1. The second kappa shape index (κ2) is 6.22. The third-order valence-electron chi connectivity index (χ3n) is 4.07. The van der Waals surface area contributed by atoms with Crippen LogP contribution in [0, 0.1) is 23.0 Å². The van der Waals surface area contributed by atoms with Crippen LogP contribution in [0.2, 0.25) is 0 Å². The maximum absolute atomic E-state index is 12.6. The molecule has 1 heterocycles. The van der Waals surface area contributed by atoms with E-state index in [2.05, 4.69) is 0 Å². The predicted octanol–water partition coefficient (Wildman–Crippen LogP) is 2.10. The van der Waals surface area contributed by atoms with E-state index in [0.717, 1.165) is 18.4 Å². The van der Waals surface area contributed by atoms with Crippen LogP contribution in [-0.2, 0) is 0 Å². The molecule has 1 saturated heterocycles. The molecule has 2 N–H and O–H groups in total. The van der Waals surface area contributed by atoms with Gasteiger partial charge in [0, 0.05) is 25.2 Å². The van der Waals surface area contributed by atoms with Crippen LogP contribution in [0.1, 0.15) is 35.7 Å². The van der Waals surface area contributed by atoms with Gasteiger partial charge in [-0.15, -0.1) is 0 Å². The molecule has 0 aliphatic carbocycles. The Labute approximate surface area is 124 Å². The molecule has 1 aliphatic rings. The van der Waals surface area contributed by atoms with Crippen LogP contribution < -0.4 is 5.73 Å². The largest absolute Gasteiger partial charge is 0.338 e. The van der Waals surface area contributed by atoms with Crippen molar-refractivity contribution in [3.8, 4) is 0 Å². The molecule has 6 heteroatoms. The lowest BCUT2D eigenvalue weighted by atomic mass is 9.91. The van der Waals surface area contributed by atoms with E-state index in [4.69, 9.17) is 5.73 Å². The number of aryl methyl sites for hydroxylation is 1. The SMILES string of the molecule is Cc1ccc([N+](=O)[O-])c(C(=O)N2CCCC(C(C)N)C2)c1. The number of nitrogens with two attached hydrogens (primary N) is 1. The molecule has 21 heavy (non-hydrogen) atoms. The van der Waals surface area contributed by atoms with Crippen molar-refractivity contribution in [2.75, 3.05) is 13.1 Å². The number of hydrogen-bond donors (Lipinski definition) is 1. The summed E-state index contributed by atoms with van der Waals surface area (Å²) in [5.41, 5.74) is 6.80. The minimum atomic E-state index is -0.500.